The maximum Gasteiger partial charge on any atom is 0.255 e. The number of benzene rings is 2. The van der Waals surface area contributed by atoms with E-state index in [-0.39, 0.29) is 11.8 Å². The molecule has 0 saturated carbocycles. The van der Waals surface area contributed by atoms with Crippen molar-refractivity contribution < 1.29 is 9.59 Å². The van der Waals surface area contributed by atoms with Gasteiger partial charge in [-0.3, -0.25) is 9.59 Å². The maximum absolute atomic E-state index is 12.3. The van der Waals surface area contributed by atoms with E-state index in [1.807, 2.05) is 0 Å². The van der Waals surface area contributed by atoms with Crippen molar-refractivity contribution in [2.24, 2.45) is 0 Å². The summed E-state index contributed by atoms with van der Waals surface area (Å²) in [6.45, 7) is 1.44. The number of rotatable bonds is 4. The standard InChI is InChI=1S/C17H15N5O2/c1-12(23)20-14-4-6-15(7-5-14)21-17(24)13-2-8-16(9-3-13)22-11-18-10-19-22/h2-11H,1H3,(H,20,23)(H,21,24). The highest BCUT2D eigenvalue weighted by molar-refractivity contribution is 6.04. The minimum absolute atomic E-state index is 0.140. The summed E-state index contributed by atoms with van der Waals surface area (Å²) >= 11 is 0. The number of amides is 2. The normalized spacial score (nSPS) is 10.2. The van der Waals surface area contributed by atoms with Gasteiger partial charge in [0.25, 0.3) is 5.91 Å². The van der Waals surface area contributed by atoms with E-state index in [0.717, 1.165) is 5.69 Å². The molecule has 0 spiro atoms. The second-order valence-corrected chi connectivity index (χ2v) is 5.10. The summed E-state index contributed by atoms with van der Waals surface area (Å²) in [5.74, 6) is -0.355. The highest BCUT2D eigenvalue weighted by atomic mass is 16.2. The van der Waals surface area contributed by atoms with Gasteiger partial charge in [-0.05, 0) is 48.5 Å². The van der Waals surface area contributed by atoms with E-state index in [2.05, 4.69) is 20.7 Å². The van der Waals surface area contributed by atoms with Crippen molar-refractivity contribution in [3.05, 3.63) is 66.7 Å². The third-order valence-electron chi connectivity index (χ3n) is 3.28. The lowest BCUT2D eigenvalue weighted by Gasteiger charge is -2.08. The molecule has 0 unspecified atom stereocenters. The van der Waals surface area contributed by atoms with Crippen molar-refractivity contribution in [3.63, 3.8) is 0 Å². The lowest BCUT2D eigenvalue weighted by atomic mass is 10.2. The fourth-order valence-corrected chi connectivity index (χ4v) is 2.15. The summed E-state index contributed by atoms with van der Waals surface area (Å²) in [6.07, 6.45) is 3.04. The average molecular weight is 321 g/mol. The van der Waals surface area contributed by atoms with Crippen LogP contribution in [0.15, 0.2) is 61.2 Å². The molecule has 0 bridgehead atoms. The molecule has 3 rings (SSSR count). The van der Waals surface area contributed by atoms with Crippen LogP contribution < -0.4 is 10.6 Å². The van der Waals surface area contributed by atoms with Crippen molar-refractivity contribution in [1.29, 1.82) is 0 Å². The lowest BCUT2D eigenvalue weighted by molar-refractivity contribution is -0.114. The van der Waals surface area contributed by atoms with Crippen molar-refractivity contribution in [2.45, 2.75) is 6.92 Å². The number of anilines is 2. The summed E-state index contributed by atoms with van der Waals surface area (Å²) in [6, 6.07) is 13.9. The van der Waals surface area contributed by atoms with Crippen LogP contribution in [-0.4, -0.2) is 26.6 Å². The van der Waals surface area contributed by atoms with Crippen LogP contribution in [0.25, 0.3) is 5.69 Å². The fourth-order valence-electron chi connectivity index (χ4n) is 2.15. The van der Waals surface area contributed by atoms with Crippen molar-refractivity contribution in [3.8, 4) is 5.69 Å². The van der Waals surface area contributed by atoms with Crippen molar-refractivity contribution in [1.82, 2.24) is 14.8 Å². The number of carbonyl (C=O) groups is 2. The van der Waals surface area contributed by atoms with Gasteiger partial charge < -0.3 is 10.6 Å². The largest absolute Gasteiger partial charge is 0.326 e. The van der Waals surface area contributed by atoms with E-state index in [0.29, 0.717) is 16.9 Å². The van der Waals surface area contributed by atoms with Gasteiger partial charge in [-0.2, -0.15) is 5.10 Å². The van der Waals surface area contributed by atoms with E-state index in [9.17, 15) is 9.59 Å². The summed E-state index contributed by atoms with van der Waals surface area (Å²) in [4.78, 5) is 27.1. The Hall–Kier alpha value is -3.48. The Kier molecular flexibility index (Phi) is 4.33. The third-order valence-corrected chi connectivity index (χ3v) is 3.28. The summed E-state index contributed by atoms with van der Waals surface area (Å²) in [7, 11) is 0. The molecule has 0 aliphatic rings. The second-order valence-electron chi connectivity index (χ2n) is 5.10. The van der Waals surface area contributed by atoms with Crippen LogP contribution in [0.3, 0.4) is 0 Å². The zero-order valence-corrected chi connectivity index (χ0v) is 12.9. The average Bonchev–Trinajstić information content (AvgIpc) is 3.11. The molecule has 0 aliphatic carbocycles. The highest BCUT2D eigenvalue weighted by Gasteiger charge is 2.07. The first-order valence-electron chi connectivity index (χ1n) is 7.26. The summed E-state index contributed by atoms with van der Waals surface area (Å²) < 4.78 is 1.61. The first-order chi connectivity index (χ1) is 11.6. The molecule has 1 heterocycles. The van der Waals surface area contributed by atoms with Gasteiger partial charge in [0, 0.05) is 23.9 Å². The highest BCUT2D eigenvalue weighted by Crippen LogP contribution is 2.15. The molecular weight excluding hydrogens is 306 g/mol. The van der Waals surface area contributed by atoms with Gasteiger partial charge in [-0.25, -0.2) is 9.67 Å². The molecule has 7 nitrogen and oxygen atoms in total. The molecule has 2 aromatic carbocycles. The molecular formula is C17H15N5O2. The number of hydrogen-bond acceptors (Lipinski definition) is 4. The van der Waals surface area contributed by atoms with Crippen molar-refractivity contribution in [2.75, 3.05) is 10.6 Å². The van der Waals surface area contributed by atoms with Crippen LogP contribution in [0.2, 0.25) is 0 Å². The first-order valence-corrected chi connectivity index (χ1v) is 7.26. The van der Waals surface area contributed by atoms with Crippen LogP contribution >= 0.6 is 0 Å². The van der Waals surface area contributed by atoms with E-state index in [1.54, 1.807) is 59.5 Å². The molecule has 120 valence electrons. The van der Waals surface area contributed by atoms with Gasteiger partial charge >= 0.3 is 0 Å². The zero-order valence-electron chi connectivity index (χ0n) is 12.9. The number of hydrogen-bond donors (Lipinski definition) is 2. The molecule has 24 heavy (non-hydrogen) atoms. The van der Waals surface area contributed by atoms with Crippen LogP contribution in [0.5, 0.6) is 0 Å². The quantitative estimate of drug-likeness (QED) is 0.772. The SMILES string of the molecule is CC(=O)Nc1ccc(NC(=O)c2ccc(-n3cncn3)cc2)cc1. The number of nitrogens with zero attached hydrogens (tertiary/aromatic N) is 3. The Balaban J connectivity index is 1.67. The van der Waals surface area contributed by atoms with Gasteiger partial charge in [0.15, 0.2) is 0 Å². The first kappa shape index (κ1) is 15.4. The summed E-state index contributed by atoms with van der Waals surface area (Å²) in [5.41, 5.74) is 2.68. The molecule has 0 radical (unpaired) electrons. The molecule has 3 aromatic rings. The predicted molar refractivity (Wildman–Crippen MR) is 90.1 cm³/mol. The van der Waals surface area contributed by atoms with Crippen molar-refractivity contribution >= 4 is 23.2 Å². The van der Waals surface area contributed by atoms with Gasteiger partial charge in [0.2, 0.25) is 5.91 Å². The smallest absolute Gasteiger partial charge is 0.255 e. The van der Waals surface area contributed by atoms with Crippen LogP contribution in [0, 0.1) is 0 Å². The Morgan fingerprint density at radius 2 is 1.54 bits per heavy atom. The van der Waals surface area contributed by atoms with E-state index in [4.69, 9.17) is 0 Å². The predicted octanol–water partition coefficient (Wildman–Crippen LogP) is 2.48. The van der Waals surface area contributed by atoms with E-state index < -0.39 is 0 Å². The molecule has 1 aromatic heterocycles. The minimum Gasteiger partial charge on any atom is -0.326 e. The van der Waals surface area contributed by atoms with Crippen LogP contribution in [0.1, 0.15) is 17.3 Å². The lowest BCUT2D eigenvalue weighted by Crippen LogP contribution is -2.12. The topological polar surface area (TPSA) is 88.9 Å². The molecule has 2 N–H and O–H groups in total. The monoisotopic (exact) mass is 321 g/mol. The van der Waals surface area contributed by atoms with E-state index >= 15 is 0 Å². The number of nitrogens with one attached hydrogen (secondary N) is 2. The summed E-state index contributed by atoms with van der Waals surface area (Å²) in [5, 5.41) is 9.51. The van der Waals surface area contributed by atoms with Crippen LogP contribution in [0.4, 0.5) is 11.4 Å². The van der Waals surface area contributed by atoms with E-state index in [1.165, 1.54) is 13.3 Å². The Bertz CT molecular complexity index is 840. The fraction of sp³-hybridized carbons (Fsp3) is 0.0588. The van der Waals surface area contributed by atoms with Crippen LogP contribution in [-0.2, 0) is 4.79 Å². The number of carbonyl (C=O) groups excluding carboxylic acids is 2. The van der Waals surface area contributed by atoms with Gasteiger partial charge in [-0.1, -0.05) is 0 Å². The molecule has 7 heteroatoms. The third kappa shape index (κ3) is 3.64. The molecule has 0 fully saturated rings. The molecule has 0 atom stereocenters. The number of aromatic nitrogens is 3. The second kappa shape index (κ2) is 6.74. The maximum atomic E-state index is 12.3. The molecule has 0 aliphatic heterocycles. The van der Waals surface area contributed by atoms with Gasteiger partial charge in [0.05, 0.1) is 5.69 Å². The Labute approximate surface area is 138 Å². The zero-order chi connectivity index (χ0) is 16.9. The Morgan fingerprint density at radius 3 is 2.08 bits per heavy atom. The molecule has 0 saturated heterocycles. The van der Waals surface area contributed by atoms with Gasteiger partial charge in [-0.15, -0.1) is 0 Å². The van der Waals surface area contributed by atoms with Gasteiger partial charge in [0.1, 0.15) is 12.7 Å². The molecule has 2 amide bonds. The Morgan fingerprint density at radius 1 is 0.917 bits per heavy atom. The minimum atomic E-state index is -0.215.